The smallest absolute Gasteiger partial charge is 0.223 e. The van der Waals surface area contributed by atoms with Crippen LogP contribution in [-0.4, -0.2) is 53.2 Å². The van der Waals surface area contributed by atoms with Crippen molar-refractivity contribution in [3.8, 4) is 11.4 Å². The summed E-state index contributed by atoms with van der Waals surface area (Å²) in [5.41, 5.74) is 9.82. The van der Waals surface area contributed by atoms with Crippen molar-refractivity contribution in [2.75, 3.05) is 36.5 Å². The van der Waals surface area contributed by atoms with E-state index >= 15 is 0 Å². The van der Waals surface area contributed by atoms with Crippen molar-refractivity contribution >= 4 is 56.0 Å². The Morgan fingerprint density at radius 2 is 2.06 bits per heavy atom. The standard InChI is InChI=1S/C24H24BrClN6O2/c25-15-11-28-24-21(20(15)29-19-13-2-1-12(9-13)18(19)22(27)33)30-23(31-24)14-3-4-17(16(26)10-14)32-5-7-34-8-6-32/h1-4,10-13,18-19H,5-9H2,(H2,27,33)(H2,28,29,30,31)/t12-,13+,18?,19?/m1/s1. The fraction of sp³-hybridized carbons (Fsp3) is 0.375. The van der Waals surface area contributed by atoms with Crippen LogP contribution in [0.2, 0.25) is 5.02 Å². The van der Waals surface area contributed by atoms with Crippen molar-refractivity contribution in [2.24, 2.45) is 23.5 Å². The quantitative estimate of drug-likeness (QED) is 0.420. The van der Waals surface area contributed by atoms with E-state index in [4.69, 9.17) is 27.1 Å². The van der Waals surface area contributed by atoms with E-state index in [2.05, 4.69) is 48.3 Å². The maximum atomic E-state index is 12.2. The van der Waals surface area contributed by atoms with Crippen molar-refractivity contribution in [1.29, 1.82) is 0 Å². The van der Waals surface area contributed by atoms with E-state index in [-0.39, 0.29) is 29.7 Å². The van der Waals surface area contributed by atoms with Crippen LogP contribution in [0.25, 0.3) is 22.6 Å². The number of hydrogen-bond acceptors (Lipinski definition) is 6. The number of imidazole rings is 1. The molecule has 34 heavy (non-hydrogen) atoms. The number of amides is 1. The number of nitrogens with two attached hydrogens (primary N) is 1. The molecule has 1 saturated heterocycles. The molecule has 2 aliphatic carbocycles. The molecular weight excluding hydrogens is 520 g/mol. The fourth-order valence-electron chi connectivity index (χ4n) is 5.50. The first-order valence-electron chi connectivity index (χ1n) is 11.4. The van der Waals surface area contributed by atoms with E-state index in [1.807, 2.05) is 18.2 Å². The minimum Gasteiger partial charge on any atom is -0.378 e. The second-order valence-electron chi connectivity index (χ2n) is 9.08. The van der Waals surface area contributed by atoms with Gasteiger partial charge in [-0.3, -0.25) is 4.79 Å². The number of primary amides is 1. The lowest BCUT2D eigenvalue weighted by Gasteiger charge is -2.29. The number of hydrogen-bond donors (Lipinski definition) is 3. The van der Waals surface area contributed by atoms with Crippen LogP contribution in [0.5, 0.6) is 0 Å². The average molecular weight is 544 g/mol. The van der Waals surface area contributed by atoms with Crippen LogP contribution in [0, 0.1) is 17.8 Å². The van der Waals surface area contributed by atoms with Gasteiger partial charge in [0.1, 0.15) is 11.3 Å². The number of anilines is 2. The normalized spacial score (nSPS) is 25.9. The highest BCUT2D eigenvalue weighted by Crippen LogP contribution is 2.46. The second kappa shape index (κ2) is 8.55. The SMILES string of the molecule is NC(=O)C1C(Nc2c(Br)cnc3nc(-c4ccc(N5CCOCC5)c(Cl)c4)[nH]c23)[C@H]2C=C[C@@H]1C2. The van der Waals surface area contributed by atoms with Crippen molar-refractivity contribution < 1.29 is 9.53 Å². The topological polar surface area (TPSA) is 109 Å². The van der Waals surface area contributed by atoms with Gasteiger partial charge in [-0.05, 0) is 52.4 Å². The van der Waals surface area contributed by atoms with Crippen LogP contribution >= 0.6 is 27.5 Å². The number of carbonyl (C=O) groups is 1. The minimum absolute atomic E-state index is 0.0663. The lowest BCUT2D eigenvalue weighted by atomic mass is 9.88. The van der Waals surface area contributed by atoms with Crippen molar-refractivity contribution in [2.45, 2.75) is 12.5 Å². The molecule has 1 amide bonds. The number of aromatic nitrogens is 3. The summed E-state index contributed by atoms with van der Waals surface area (Å²) >= 11 is 10.3. The molecule has 2 bridgehead atoms. The van der Waals surface area contributed by atoms with E-state index in [9.17, 15) is 4.79 Å². The lowest BCUT2D eigenvalue weighted by molar-refractivity contribution is -0.122. The number of allylic oxidation sites excluding steroid dienone is 1. The summed E-state index contributed by atoms with van der Waals surface area (Å²) < 4.78 is 6.24. The van der Waals surface area contributed by atoms with Crippen LogP contribution in [0.1, 0.15) is 6.42 Å². The first-order valence-corrected chi connectivity index (χ1v) is 12.6. The van der Waals surface area contributed by atoms with Gasteiger partial charge in [-0.25, -0.2) is 9.97 Å². The molecule has 1 aliphatic heterocycles. The van der Waals surface area contributed by atoms with Gasteiger partial charge in [0.05, 0.1) is 40.0 Å². The molecule has 1 saturated carbocycles. The third-order valence-electron chi connectivity index (χ3n) is 7.15. The molecule has 0 spiro atoms. The monoisotopic (exact) mass is 542 g/mol. The van der Waals surface area contributed by atoms with E-state index in [0.29, 0.717) is 29.7 Å². The maximum absolute atomic E-state index is 12.2. The van der Waals surface area contributed by atoms with Gasteiger partial charge >= 0.3 is 0 Å². The molecule has 2 fully saturated rings. The zero-order valence-electron chi connectivity index (χ0n) is 18.3. The molecule has 2 unspecified atom stereocenters. The van der Waals surface area contributed by atoms with Crippen LogP contribution < -0.4 is 16.0 Å². The van der Waals surface area contributed by atoms with Gasteiger partial charge in [0, 0.05) is 30.9 Å². The number of halogens is 2. The van der Waals surface area contributed by atoms with Gasteiger partial charge in [0.15, 0.2) is 5.65 Å². The minimum atomic E-state index is -0.268. The van der Waals surface area contributed by atoms with Gasteiger partial charge < -0.3 is 25.7 Å². The molecule has 0 radical (unpaired) electrons. The Morgan fingerprint density at radius 1 is 1.26 bits per heavy atom. The number of fused-ring (bicyclic) bond motifs is 3. The predicted octanol–water partition coefficient (Wildman–Crippen LogP) is 3.97. The van der Waals surface area contributed by atoms with E-state index < -0.39 is 0 Å². The first kappa shape index (κ1) is 21.9. The summed E-state index contributed by atoms with van der Waals surface area (Å²) in [6.07, 6.45) is 6.98. The molecule has 4 atom stereocenters. The zero-order chi connectivity index (χ0) is 23.4. The second-order valence-corrected chi connectivity index (χ2v) is 10.3. The predicted molar refractivity (Wildman–Crippen MR) is 136 cm³/mol. The number of aromatic amines is 1. The van der Waals surface area contributed by atoms with Crippen molar-refractivity contribution in [3.05, 3.63) is 46.0 Å². The highest BCUT2D eigenvalue weighted by molar-refractivity contribution is 9.10. The van der Waals surface area contributed by atoms with Crippen LogP contribution in [0.4, 0.5) is 11.4 Å². The number of H-pyrrole nitrogens is 1. The number of morpholine rings is 1. The van der Waals surface area contributed by atoms with Crippen LogP contribution in [-0.2, 0) is 9.53 Å². The molecule has 8 nitrogen and oxygen atoms in total. The summed E-state index contributed by atoms with van der Waals surface area (Å²) in [5, 5.41) is 4.26. The van der Waals surface area contributed by atoms with Crippen LogP contribution in [0.3, 0.4) is 0 Å². The van der Waals surface area contributed by atoms with Gasteiger partial charge in [-0.1, -0.05) is 23.8 Å². The lowest BCUT2D eigenvalue weighted by Crippen LogP contribution is -2.41. The Morgan fingerprint density at radius 3 is 2.82 bits per heavy atom. The molecule has 3 aromatic rings. The molecule has 2 aromatic heterocycles. The summed E-state index contributed by atoms with van der Waals surface area (Å²) in [5.74, 6) is 0.639. The molecule has 1 aromatic carbocycles. The molecule has 4 N–H and O–H groups in total. The number of nitrogens with one attached hydrogen (secondary N) is 2. The van der Waals surface area contributed by atoms with E-state index in [1.165, 1.54) is 0 Å². The van der Waals surface area contributed by atoms with Gasteiger partial charge in [-0.15, -0.1) is 0 Å². The molecule has 176 valence electrons. The number of pyridine rings is 1. The highest BCUT2D eigenvalue weighted by atomic mass is 79.9. The number of nitrogens with zero attached hydrogens (tertiary/aromatic N) is 3. The Hall–Kier alpha value is -2.62. The molecule has 6 rings (SSSR count). The van der Waals surface area contributed by atoms with Gasteiger partial charge in [-0.2, -0.15) is 0 Å². The molecule has 10 heteroatoms. The van der Waals surface area contributed by atoms with Gasteiger partial charge in [0.25, 0.3) is 0 Å². The Balaban J connectivity index is 1.34. The van der Waals surface area contributed by atoms with Gasteiger partial charge in [0.2, 0.25) is 5.91 Å². The number of benzene rings is 1. The first-order chi connectivity index (χ1) is 16.5. The fourth-order valence-corrected chi connectivity index (χ4v) is 6.21. The Labute approximate surface area is 210 Å². The molecule has 3 aliphatic rings. The Bertz CT molecular complexity index is 1300. The van der Waals surface area contributed by atoms with Crippen LogP contribution in [0.15, 0.2) is 41.0 Å². The Kier molecular flexibility index (Phi) is 5.50. The maximum Gasteiger partial charge on any atom is 0.223 e. The third-order valence-corrected chi connectivity index (χ3v) is 8.05. The number of carbonyl (C=O) groups excluding carboxylic acids is 1. The summed E-state index contributed by atoms with van der Waals surface area (Å²) in [6, 6.07) is 5.90. The van der Waals surface area contributed by atoms with Crippen molar-refractivity contribution in [1.82, 2.24) is 15.0 Å². The van der Waals surface area contributed by atoms with Crippen molar-refractivity contribution in [3.63, 3.8) is 0 Å². The molecular formula is C24H24BrClN6O2. The number of rotatable bonds is 5. The largest absolute Gasteiger partial charge is 0.378 e. The average Bonchev–Trinajstić information content (AvgIpc) is 3.56. The summed E-state index contributed by atoms with van der Waals surface area (Å²) in [6.45, 7) is 3.04. The zero-order valence-corrected chi connectivity index (χ0v) is 20.6. The number of ether oxygens (including phenoxy) is 1. The molecule has 3 heterocycles. The highest BCUT2D eigenvalue weighted by Gasteiger charge is 2.47. The summed E-state index contributed by atoms with van der Waals surface area (Å²) in [4.78, 5) is 27.0. The van der Waals surface area contributed by atoms with E-state index in [1.54, 1.807) is 6.20 Å². The third kappa shape index (κ3) is 3.66. The summed E-state index contributed by atoms with van der Waals surface area (Å²) in [7, 11) is 0. The van der Waals surface area contributed by atoms with E-state index in [0.717, 1.165) is 46.4 Å².